The fourth-order valence-electron chi connectivity index (χ4n) is 7.43. The number of nitriles is 2. The minimum Gasteiger partial charge on any atom is -0.309 e. The Morgan fingerprint density at radius 3 is 1.33 bits per heavy atom. The summed E-state index contributed by atoms with van der Waals surface area (Å²) >= 11 is 0. The Morgan fingerprint density at radius 1 is 0.417 bits per heavy atom. The molecule has 0 aliphatic carbocycles. The molecule has 0 radical (unpaired) electrons. The van der Waals surface area contributed by atoms with Gasteiger partial charge < -0.3 is 4.57 Å². The third kappa shape index (κ3) is 4.48. The molecule has 8 aromatic rings. The lowest BCUT2D eigenvalue weighted by molar-refractivity contribution is 1.18. The van der Waals surface area contributed by atoms with Crippen LogP contribution in [-0.2, 0) is 0 Å². The minimum absolute atomic E-state index is 0.366. The second kappa shape index (κ2) is 12.0. The van der Waals surface area contributed by atoms with E-state index in [1.807, 2.05) is 12.1 Å². The quantitative estimate of drug-likeness (QED) is 0.141. The van der Waals surface area contributed by atoms with E-state index in [0.717, 1.165) is 33.0 Å². The number of aromatic nitrogens is 1. The van der Waals surface area contributed by atoms with Crippen LogP contribution in [0.3, 0.4) is 0 Å². The van der Waals surface area contributed by atoms with Crippen LogP contribution in [0.4, 0.5) is 0 Å². The van der Waals surface area contributed by atoms with Gasteiger partial charge in [-0.15, -0.1) is 0 Å². The van der Waals surface area contributed by atoms with Crippen LogP contribution in [0.1, 0.15) is 11.1 Å². The average molecular weight is 628 g/mol. The third-order valence-electron chi connectivity index (χ3n) is 9.44. The molecule has 48 heavy (non-hydrogen) atoms. The molecule has 4 heteroatoms. The summed E-state index contributed by atoms with van der Waals surface area (Å²) in [5.74, 6) is 0. The van der Waals surface area contributed by atoms with E-state index < -0.39 is 8.07 Å². The van der Waals surface area contributed by atoms with Crippen LogP contribution in [0, 0.1) is 22.7 Å². The standard InChI is InChI=1S/C44H29N3Si/c45-30-32-28-40(39-24-12-15-27-43(39)47-41-25-13-10-22-37(41)38-23-11-14-26-42(38)47)44(29-33(32)31-46)48(34-16-4-1-5-17-34,35-18-6-2-7-19-35)36-20-8-3-9-21-36/h1-29H. The van der Waals surface area contributed by atoms with E-state index in [-0.39, 0.29) is 0 Å². The molecule has 0 aliphatic heterocycles. The highest BCUT2D eigenvalue weighted by molar-refractivity contribution is 7.20. The van der Waals surface area contributed by atoms with Crippen LogP contribution in [0.15, 0.2) is 176 Å². The van der Waals surface area contributed by atoms with E-state index in [4.69, 9.17) is 0 Å². The Hall–Kier alpha value is -6.46. The zero-order valence-corrected chi connectivity index (χ0v) is 27.1. The van der Waals surface area contributed by atoms with Crippen molar-refractivity contribution in [1.82, 2.24) is 4.57 Å². The van der Waals surface area contributed by atoms with Gasteiger partial charge in [0, 0.05) is 16.3 Å². The van der Waals surface area contributed by atoms with Gasteiger partial charge in [-0.3, -0.25) is 0 Å². The first-order chi connectivity index (χ1) is 23.8. The molecule has 0 spiro atoms. The number of rotatable bonds is 6. The van der Waals surface area contributed by atoms with Crippen molar-refractivity contribution in [3.8, 4) is 29.0 Å². The normalized spacial score (nSPS) is 11.3. The highest BCUT2D eigenvalue weighted by Gasteiger charge is 2.43. The summed E-state index contributed by atoms with van der Waals surface area (Å²) in [4.78, 5) is 0. The van der Waals surface area contributed by atoms with Crippen molar-refractivity contribution in [3.05, 3.63) is 187 Å². The zero-order chi connectivity index (χ0) is 32.5. The Morgan fingerprint density at radius 2 is 0.833 bits per heavy atom. The molecule has 0 atom stereocenters. The highest BCUT2D eigenvalue weighted by atomic mass is 28.3. The molecular weight excluding hydrogens is 599 g/mol. The molecule has 0 fully saturated rings. The van der Waals surface area contributed by atoms with E-state index in [0.29, 0.717) is 11.1 Å². The second-order valence-electron chi connectivity index (χ2n) is 11.9. The van der Waals surface area contributed by atoms with E-state index in [2.05, 4.69) is 180 Å². The Labute approximate surface area is 280 Å². The molecule has 0 saturated carbocycles. The third-order valence-corrected chi connectivity index (χ3v) is 14.3. The van der Waals surface area contributed by atoms with Crippen molar-refractivity contribution >= 4 is 50.6 Å². The SMILES string of the molecule is N#Cc1cc(-c2ccccc2-n2c3ccccc3c3ccccc32)c([Si](c2ccccc2)(c2ccccc2)c2ccccc2)cc1C#N. The van der Waals surface area contributed by atoms with E-state index in [1.54, 1.807) is 0 Å². The largest absolute Gasteiger partial charge is 0.309 e. The van der Waals surface area contributed by atoms with Crippen molar-refractivity contribution in [1.29, 1.82) is 10.5 Å². The molecule has 0 unspecified atom stereocenters. The molecule has 3 nitrogen and oxygen atoms in total. The fraction of sp³-hybridized carbons (Fsp3) is 0. The molecule has 0 saturated heterocycles. The average Bonchev–Trinajstić information content (AvgIpc) is 3.50. The molecule has 1 heterocycles. The fourth-order valence-corrected chi connectivity index (χ4v) is 12.4. The molecule has 8 rings (SSSR count). The predicted octanol–water partition coefficient (Wildman–Crippen LogP) is 7.57. The number of fused-ring (bicyclic) bond motifs is 3. The van der Waals surface area contributed by atoms with E-state index >= 15 is 0 Å². The van der Waals surface area contributed by atoms with Crippen LogP contribution in [0.2, 0.25) is 0 Å². The van der Waals surface area contributed by atoms with Crippen molar-refractivity contribution in [3.63, 3.8) is 0 Å². The number of nitrogens with zero attached hydrogens (tertiary/aromatic N) is 3. The Kier molecular flexibility index (Phi) is 7.27. The van der Waals surface area contributed by atoms with Gasteiger partial charge in [-0.05, 0) is 56.6 Å². The molecule has 1 aromatic heterocycles. The van der Waals surface area contributed by atoms with E-state index in [1.165, 1.54) is 26.3 Å². The van der Waals surface area contributed by atoms with Crippen molar-refractivity contribution in [2.24, 2.45) is 0 Å². The maximum absolute atomic E-state index is 10.5. The van der Waals surface area contributed by atoms with Crippen LogP contribution in [-0.4, -0.2) is 12.6 Å². The van der Waals surface area contributed by atoms with Gasteiger partial charge in [-0.2, -0.15) is 10.5 Å². The summed E-state index contributed by atoms with van der Waals surface area (Å²) in [6.45, 7) is 0. The Bertz CT molecular complexity index is 2370. The smallest absolute Gasteiger partial charge is 0.180 e. The van der Waals surface area contributed by atoms with Gasteiger partial charge in [-0.1, -0.05) is 146 Å². The molecule has 0 amide bonds. The van der Waals surface area contributed by atoms with Crippen LogP contribution in [0.5, 0.6) is 0 Å². The molecule has 0 N–H and O–H groups in total. The van der Waals surface area contributed by atoms with Gasteiger partial charge in [0.1, 0.15) is 12.1 Å². The van der Waals surface area contributed by atoms with Crippen molar-refractivity contribution in [2.75, 3.05) is 0 Å². The summed E-state index contributed by atoms with van der Waals surface area (Å²) < 4.78 is 2.34. The molecule has 0 bridgehead atoms. The zero-order valence-electron chi connectivity index (χ0n) is 26.1. The Balaban J connectivity index is 1.56. The van der Waals surface area contributed by atoms with Gasteiger partial charge in [0.15, 0.2) is 8.07 Å². The lowest BCUT2D eigenvalue weighted by atomic mass is 9.98. The predicted molar refractivity (Wildman–Crippen MR) is 199 cm³/mol. The minimum atomic E-state index is -3.10. The van der Waals surface area contributed by atoms with Crippen LogP contribution in [0.25, 0.3) is 38.6 Å². The summed E-state index contributed by atoms with van der Waals surface area (Å²) in [7, 11) is -3.10. The molecular formula is C44H29N3Si. The van der Waals surface area contributed by atoms with Gasteiger partial charge in [0.25, 0.3) is 0 Å². The monoisotopic (exact) mass is 627 g/mol. The van der Waals surface area contributed by atoms with Gasteiger partial charge >= 0.3 is 0 Å². The lowest BCUT2D eigenvalue weighted by Gasteiger charge is -2.36. The number of hydrogen-bond donors (Lipinski definition) is 0. The highest BCUT2D eigenvalue weighted by Crippen LogP contribution is 2.36. The molecule has 7 aromatic carbocycles. The van der Waals surface area contributed by atoms with Crippen molar-refractivity contribution in [2.45, 2.75) is 0 Å². The molecule has 0 aliphatic rings. The lowest BCUT2D eigenvalue weighted by Crippen LogP contribution is -2.75. The summed E-state index contributed by atoms with van der Waals surface area (Å²) in [6.07, 6.45) is 0. The maximum atomic E-state index is 10.5. The van der Waals surface area contributed by atoms with Gasteiger partial charge in [0.05, 0.1) is 27.8 Å². The van der Waals surface area contributed by atoms with Gasteiger partial charge in [0.2, 0.25) is 0 Å². The number of benzene rings is 7. The van der Waals surface area contributed by atoms with Gasteiger partial charge in [-0.25, -0.2) is 0 Å². The second-order valence-corrected chi connectivity index (χ2v) is 15.7. The first-order valence-electron chi connectivity index (χ1n) is 16.0. The first-order valence-corrected chi connectivity index (χ1v) is 18.0. The summed E-state index contributed by atoms with van der Waals surface area (Å²) in [6, 6.07) is 66.3. The summed E-state index contributed by atoms with van der Waals surface area (Å²) in [5, 5.41) is 27.9. The molecule has 224 valence electrons. The van der Waals surface area contributed by atoms with E-state index in [9.17, 15) is 10.5 Å². The summed E-state index contributed by atoms with van der Waals surface area (Å²) in [5.41, 5.74) is 5.93. The number of para-hydroxylation sites is 3. The van der Waals surface area contributed by atoms with Crippen LogP contribution < -0.4 is 20.7 Å². The maximum Gasteiger partial charge on any atom is 0.180 e. The topological polar surface area (TPSA) is 52.5 Å². The first kappa shape index (κ1) is 29.0. The van der Waals surface area contributed by atoms with Crippen molar-refractivity contribution < 1.29 is 0 Å². The van der Waals surface area contributed by atoms with Crippen LogP contribution >= 0.6 is 0 Å². The number of hydrogen-bond acceptors (Lipinski definition) is 2.